The summed E-state index contributed by atoms with van der Waals surface area (Å²) in [5.74, 6) is 1.06. The van der Waals surface area contributed by atoms with E-state index >= 15 is 0 Å². The fourth-order valence-corrected chi connectivity index (χ4v) is 5.35. The van der Waals surface area contributed by atoms with Crippen LogP contribution in [0.2, 0.25) is 0 Å². The Morgan fingerprint density at radius 2 is 2.15 bits per heavy atom. The lowest BCUT2D eigenvalue weighted by atomic mass is 9.98. The molecule has 1 aromatic carbocycles. The van der Waals surface area contributed by atoms with Crippen molar-refractivity contribution >= 4 is 23.1 Å². The van der Waals surface area contributed by atoms with Crippen LogP contribution in [-0.2, 0) is 12.8 Å². The molecule has 0 unspecified atom stereocenters. The molecule has 5 nitrogen and oxygen atoms in total. The van der Waals surface area contributed by atoms with Gasteiger partial charge in [-0.25, -0.2) is 9.78 Å². The van der Waals surface area contributed by atoms with Crippen LogP contribution in [0.5, 0.6) is 5.75 Å². The number of aromatic nitrogens is 1. The second-order valence-electron chi connectivity index (χ2n) is 7.50. The van der Waals surface area contributed by atoms with Crippen molar-refractivity contribution < 1.29 is 9.53 Å². The number of aryl methyl sites for hydroxylation is 3. The molecule has 2 aromatic rings. The molecule has 2 heterocycles. The molecule has 1 aliphatic carbocycles. The first-order valence-corrected chi connectivity index (χ1v) is 10.7. The van der Waals surface area contributed by atoms with Crippen LogP contribution >= 0.6 is 11.3 Å². The highest BCUT2D eigenvalue weighted by Gasteiger charge is 2.28. The Morgan fingerprint density at radius 3 is 2.96 bits per heavy atom. The number of ether oxygens (including phenoxy) is 1. The number of nitrogens with one attached hydrogen (secondary N) is 1. The average molecular weight is 386 g/mol. The number of para-hydroxylation sites is 1. The van der Waals surface area contributed by atoms with E-state index in [1.807, 2.05) is 41.4 Å². The van der Waals surface area contributed by atoms with E-state index in [0.29, 0.717) is 11.7 Å². The fourth-order valence-electron chi connectivity index (χ4n) is 4.07. The van der Waals surface area contributed by atoms with E-state index in [4.69, 9.17) is 9.72 Å². The van der Waals surface area contributed by atoms with Crippen LogP contribution < -0.4 is 10.1 Å². The van der Waals surface area contributed by atoms with Gasteiger partial charge in [0.2, 0.25) is 0 Å². The number of nitrogens with zero attached hydrogens (tertiary/aromatic N) is 2. The zero-order valence-corrected chi connectivity index (χ0v) is 16.9. The smallest absolute Gasteiger partial charge is 0.321 e. The molecule has 0 spiro atoms. The molecule has 2 aliphatic rings. The maximum absolute atomic E-state index is 12.9. The molecule has 27 heavy (non-hydrogen) atoms. The summed E-state index contributed by atoms with van der Waals surface area (Å²) in [4.78, 5) is 21.2. The minimum atomic E-state index is -0.0476. The van der Waals surface area contributed by atoms with Crippen molar-refractivity contribution in [1.29, 1.82) is 0 Å². The lowest BCUT2D eigenvalue weighted by molar-refractivity contribution is 0.192. The SMILES string of the molecule is COc1cccc(C)c1NC(=O)N1CCC[C@@H](c2nc3c(s2)CCCC3)C1. The molecule has 2 amide bonds. The number of likely N-dealkylation sites (tertiary alicyclic amines) is 1. The number of carbonyl (C=O) groups excluding carboxylic acids is 1. The Balaban J connectivity index is 1.47. The molecule has 6 heteroatoms. The summed E-state index contributed by atoms with van der Waals surface area (Å²) < 4.78 is 5.41. The summed E-state index contributed by atoms with van der Waals surface area (Å²) in [5.41, 5.74) is 3.08. The number of thiazole rings is 1. The Morgan fingerprint density at radius 1 is 1.30 bits per heavy atom. The van der Waals surface area contributed by atoms with Crippen molar-refractivity contribution in [2.75, 3.05) is 25.5 Å². The Bertz CT molecular complexity index is 809. The summed E-state index contributed by atoms with van der Waals surface area (Å²) in [6, 6.07) is 5.75. The normalized spacial score (nSPS) is 19.5. The summed E-state index contributed by atoms with van der Waals surface area (Å²) in [6.07, 6.45) is 6.98. The Hall–Kier alpha value is -2.08. The molecular formula is C21H27N3O2S. The number of piperidine rings is 1. The molecule has 1 aromatic heterocycles. The third kappa shape index (κ3) is 3.81. The van der Waals surface area contributed by atoms with E-state index in [1.165, 1.54) is 34.8 Å². The van der Waals surface area contributed by atoms with Crippen LogP contribution in [0.25, 0.3) is 0 Å². The number of fused-ring (bicyclic) bond motifs is 1. The summed E-state index contributed by atoms with van der Waals surface area (Å²) in [5, 5.41) is 4.29. The molecule has 1 fully saturated rings. The van der Waals surface area contributed by atoms with Crippen molar-refractivity contribution in [2.45, 2.75) is 51.4 Å². The molecule has 4 rings (SSSR count). The van der Waals surface area contributed by atoms with Crippen molar-refractivity contribution in [3.05, 3.63) is 39.3 Å². The summed E-state index contributed by atoms with van der Waals surface area (Å²) >= 11 is 1.88. The largest absolute Gasteiger partial charge is 0.495 e. The van der Waals surface area contributed by atoms with Crippen molar-refractivity contribution in [3.8, 4) is 5.75 Å². The lowest BCUT2D eigenvalue weighted by Gasteiger charge is -2.32. The van der Waals surface area contributed by atoms with Gasteiger partial charge in [0.1, 0.15) is 5.75 Å². The molecule has 1 N–H and O–H groups in total. The van der Waals surface area contributed by atoms with Gasteiger partial charge < -0.3 is 15.0 Å². The van der Waals surface area contributed by atoms with E-state index in [9.17, 15) is 4.79 Å². The summed E-state index contributed by atoms with van der Waals surface area (Å²) in [7, 11) is 1.63. The van der Waals surface area contributed by atoms with Crippen molar-refractivity contribution in [3.63, 3.8) is 0 Å². The van der Waals surface area contributed by atoms with E-state index in [-0.39, 0.29) is 6.03 Å². The average Bonchev–Trinajstić information content (AvgIpc) is 3.14. The maximum Gasteiger partial charge on any atom is 0.321 e. The highest BCUT2D eigenvalue weighted by molar-refractivity contribution is 7.11. The van der Waals surface area contributed by atoms with Crippen molar-refractivity contribution in [1.82, 2.24) is 9.88 Å². The first-order valence-electron chi connectivity index (χ1n) is 9.83. The fraction of sp³-hybridized carbons (Fsp3) is 0.524. The molecule has 1 aliphatic heterocycles. The standard InChI is InChI=1S/C21H27N3O2S/c1-14-7-5-10-17(26-2)19(14)23-21(25)24-12-6-8-15(13-24)20-22-16-9-3-4-11-18(16)27-20/h5,7,10,15H,3-4,6,8-9,11-13H2,1-2H3,(H,23,25)/t15-/m1/s1. The zero-order valence-electron chi connectivity index (χ0n) is 16.1. The highest BCUT2D eigenvalue weighted by Crippen LogP contribution is 2.35. The molecule has 1 saturated heterocycles. The van der Waals surface area contributed by atoms with Crippen LogP contribution in [0.15, 0.2) is 18.2 Å². The van der Waals surface area contributed by atoms with E-state index in [1.54, 1.807) is 7.11 Å². The molecule has 0 saturated carbocycles. The Labute approximate surface area is 164 Å². The molecule has 1 atom stereocenters. The molecule has 144 valence electrons. The topological polar surface area (TPSA) is 54.5 Å². The third-order valence-corrected chi connectivity index (χ3v) is 6.93. The Kier molecular flexibility index (Phi) is 5.34. The van der Waals surface area contributed by atoms with Gasteiger partial charge in [0, 0.05) is 23.9 Å². The van der Waals surface area contributed by atoms with Crippen LogP contribution in [0.1, 0.15) is 52.7 Å². The van der Waals surface area contributed by atoms with Gasteiger partial charge >= 0.3 is 6.03 Å². The van der Waals surface area contributed by atoms with E-state index in [0.717, 1.165) is 43.6 Å². The number of rotatable bonds is 3. The van der Waals surface area contributed by atoms with Gasteiger partial charge in [-0.1, -0.05) is 12.1 Å². The van der Waals surface area contributed by atoms with E-state index in [2.05, 4.69) is 5.32 Å². The van der Waals surface area contributed by atoms with Crippen molar-refractivity contribution in [2.24, 2.45) is 0 Å². The van der Waals surface area contributed by atoms with Crippen LogP contribution in [0.3, 0.4) is 0 Å². The molecular weight excluding hydrogens is 358 g/mol. The van der Waals surface area contributed by atoms with Gasteiger partial charge in [-0.3, -0.25) is 0 Å². The second kappa shape index (κ2) is 7.89. The lowest BCUT2D eigenvalue weighted by Crippen LogP contribution is -2.41. The predicted molar refractivity (Wildman–Crippen MR) is 109 cm³/mol. The number of benzene rings is 1. The first-order chi connectivity index (χ1) is 13.2. The monoisotopic (exact) mass is 385 g/mol. The van der Waals surface area contributed by atoms with Gasteiger partial charge in [0.05, 0.1) is 23.5 Å². The van der Waals surface area contributed by atoms with Crippen LogP contribution in [0, 0.1) is 6.92 Å². The number of anilines is 1. The maximum atomic E-state index is 12.9. The van der Waals surface area contributed by atoms with Crippen LogP contribution in [-0.4, -0.2) is 36.1 Å². The minimum absolute atomic E-state index is 0.0476. The second-order valence-corrected chi connectivity index (χ2v) is 8.61. The van der Waals surface area contributed by atoms with Gasteiger partial charge in [-0.05, 0) is 57.1 Å². The van der Waals surface area contributed by atoms with Gasteiger partial charge in [0.25, 0.3) is 0 Å². The number of urea groups is 1. The van der Waals surface area contributed by atoms with E-state index < -0.39 is 0 Å². The third-order valence-electron chi connectivity index (χ3n) is 5.61. The number of hydrogen-bond donors (Lipinski definition) is 1. The van der Waals surface area contributed by atoms with Gasteiger partial charge in [-0.15, -0.1) is 11.3 Å². The highest BCUT2D eigenvalue weighted by atomic mass is 32.1. The molecule has 0 bridgehead atoms. The first kappa shape index (κ1) is 18.3. The quantitative estimate of drug-likeness (QED) is 0.829. The number of carbonyl (C=O) groups is 1. The summed E-state index contributed by atoms with van der Waals surface area (Å²) in [6.45, 7) is 3.52. The predicted octanol–water partition coefficient (Wildman–Crippen LogP) is 4.75. The molecule has 0 radical (unpaired) electrons. The number of amides is 2. The minimum Gasteiger partial charge on any atom is -0.495 e. The van der Waals surface area contributed by atoms with Gasteiger partial charge in [-0.2, -0.15) is 0 Å². The number of hydrogen-bond acceptors (Lipinski definition) is 4. The van der Waals surface area contributed by atoms with Crippen LogP contribution in [0.4, 0.5) is 10.5 Å². The zero-order chi connectivity index (χ0) is 18.8. The van der Waals surface area contributed by atoms with Gasteiger partial charge in [0.15, 0.2) is 0 Å². The number of methoxy groups -OCH3 is 1.